The maximum atomic E-state index is 10.7. The zero-order valence-electron chi connectivity index (χ0n) is 12.6. The molecular formula is C17H19BrO3. The number of aliphatic hydroxyl groups excluding tert-OH is 1. The number of hydrogen-bond donors (Lipinski definition) is 1. The van der Waals surface area contributed by atoms with Crippen LogP contribution >= 0.6 is 15.9 Å². The third-order valence-electron chi connectivity index (χ3n) is 3.48. The number of rotatable bonds is 4. The minimum atomic E-state index is -0.747. The van der Waals surface area contributed by atoms with Gasteiger partial charge in [0.1, 0.15) is 17.6 Å². The second-order valence-corrected chi connectivity index (χ2v) is 5.85. The van der Waals surface area contributed by atoms with Gasteiger partial charge in [0, 0.05) is 5.56 Å². The molecule has 0 amide bonds. The zero-order valence-corrected chi connectivity index (χ0v) is 14.2. The molecule has 0 bridgehead atoms. The predicted octanol–water partition coefficient (Wildman–Crippen LogP) is 4.16. The second-order valence-electron chi connectivity index (χ2n) is 4.99. The minimum Gasteiger partial charge on any atom is -0.496 e. The molecular weight excluding hydrogens is 332 g/mol. The Bertz CT molecular complexity index is 653. The first-order valence-electron chi connectivity index (χ1n) is 6.64. The summed E-state index contributed by atoms with van der Waals surface area (Å²) in [6, 6.07) is 9.53. The largest absolute Gasteiger partial charge is 0.496 e. The summed E-state index contributed by atoms with van der Waals surface area (Å²) in [5, 5.41) is 10.7. The maximum absolute atomic E-state index is 10.7. The monoisotopic (exact) mass is 350 g/mol. The summed E-state index contributed by atoms with van der Waals surface area (Å²) in [5.74, 6) is 1.44. The summed E-state index contributed by atoms with van der Waals surface area (Å²) in [4.78, 5) is 0. The molecule has 0 spiro atoms. The van der Waals surface area contributed by atoms with Gasteiger partial charge in [-0.25, -0.2) is 0 Å². The van der Waals surface area contributed by atoms with Crippen LogP contribution in [0.3, 0.4) is 0 Å². The summed E-state index contributed by atoms with van der Waals surface area (Å²) in [7, 11) is 3.23. The molecule has 3 nitrogen and oxygen atoms in total. The number of hydrogen-bond acceptors (Lipinski definition) is 3. The van der Waals surface area contributed by atoms with Crippen LogP contribution in [0, 0.1) is 13.8 Å². The second kappa shape index (κ2) is 6.50. The van der Waals surface area contributed by atoms with Crippen molar-refractivity contribution in [3.05, 3.63) is 57.1 Å². The van der Waals surface area contributed by atoms with Crippen molar-refractivity contribution in [1.82, 2.24) is 0 Å². The molecule has 0 saturated carbocycles. The molecule has 21 heavy (non-hydrogen) atoms. The average molecular weight is 351 g/mol. The summed E-state index contributed by atoms with van der Waals surface area (Å²) in [6.07, 6.45) is -0.747. The van der Waals surface area contributed by atoms with E-state index >= 15 is 0 Å². The van der Waals surface area contributed by atoms with E-state index in [1.807, 2.05) is 44.2 Å². The molecule has 1 unspecified atom stereocenters. The topological polar surface area (TPSA) is 38.7 Å². The molecule has 0 aliphatic heterocycles. The molecule has 0 aromatic heterocycles. The number of ether oxygens (including phenoxy) is 2. The Morgan fingerprint density at radius 3 is 2.24 bits per heavy atom. The highest BCUT2D eigenvalue weighted by Crippen LogP contribution is 2.36. The fourth-order valence-electron chi connectivity index (χ4n) is 2.48. The number of aryl methyl sites for hydroxylation is 2. The van der Waals surface area contributed by atoms with Gasteiger partial charge in [-0.05, 0) is 64.7 Å². The molecule has 0 saturated heterocycles. The Hall–Kier alpha value is -1.52. The van der Waals surface area contributed by atoms with Gasteiger partial charge in [-0.2, -0.15) is 0 Å². The van der Waals surface area contributed by atoms with Crippen LogP contribution in [0.1, 0.15) is 28.4 Å². The SMILES string of the molecule is COc1ccc(C(O)c2c(C)cc(C)cc2OC)cc1Br. The normalized spacial score (nSPS) is 12.1. The highest BCUT2D eigenvalue weighted by atomic mass is 79.9. The van der Waals surface area contributed by atoms with Crippen LogP contribution < -0.4 is 9.47 Å². The molecule has 0 fully saturated rings. The number of aliphatic hydroxyl groups is 1. The van der Waals surface area contributed by atoms with E-state index in [9.17, 15) is 5.11 Å². The van der Waals surface area contributed by atoms with Gasteiger partial charge in [0.2, 0.25) is 0 Å². The fourth-order valence-corrected chi connectivity index (χ4v) is 3.04. The zero-order chi connectivity index (χ0) is 15.6. The Balaban J connectivity index is 2.49. The van der Waals surface area contributed by atoms with Gasteiger partial charge in [-0.15, -0.1) is 0 Å². The minimum absolute atomic E-state index is 0.701. The first-order valence-corrected chi connectivity index (χ1v) is 7.44. The molecule has 0 aliphatic carbocycles. The predicted molar refractivity (Wildman–Crippen MR) is 87.2 cm³/mol. The van der Waals surface area contributed by atoms with E-state index in [-0.39, 0.29) is 0 Å². The average Bonchev–Trinajstić information content (AvgIpc) is 2.45. The summed E-state index contributed by atoms with van der Waals surface area (Å²) in [5.41, 5.74) is 3.69. The van der Waals surface area contributed by atoms with Crippen molar-refractivity contribution in [1.29, 1.82) is 0 Å². The first kappa shape index (κ1) is 15.9. The van der Waals surface area contributed by atoms with Crippen LogP contribution in [0.25, 0.3) is 0 Å². The molecule has 1 N–H and O–H groups in total. The van der Waals surface area contributed by atoms with Crippen LogP contribution in [-0.4, -0.2) is 19.3 Å². The molecule has 2 rings (SSSR count). The highest BCUT2D eigenvalue weighted by molar-refractivity contribution is 9.10. The maximum Gasteiger partial charge on any atom is 0.133 e. The van der Waals surface area contributed by atoms with E-state index in [1.54, 1.807) is 14.2 Å². The van der Waals surface area contributed by atoms with Gasteiger partial charge in [0.15, 0.2) is 0 Å². The van der Waals surface area contributed by atoms with E-state index in [2.05, 4.69) is 15.9 Å². The molecule has 2 aromatic rings. The van der Waals surface area contributed by atoms with Crippen LogP contribution in [0.15, 0.2) is 34.8 Å². The van der Waals surface area contributed by atoms with Gasteiger partial charge in [-0.1, -0.05) is 12.1 Å². The van der Waals surface area contributed by atoms with Crippen molar-refractivity contribution in [3.8, 4) is 11.5 Å². The lowest BCUT2D eigenvalue weighted by Crippen LogP contribution is -2.05. The Kier molecular flexibility index (Phi) is 4.91. The van der Waals surface area contributed by atoms with E-state index in [1.165, 1.54) is 0 Å². The molecule has 0 radical (unpaired) electrons. The molecule has 2 aromatic carbocycles. The van der Waals surface area contributed by atoms with Crippen LogP contribution in [0.4, 0.5) is 0 Å². The smallest absolute Gasteiger partial charge is 0.133 e. The van der Waals surface area contributed by atoms with E-state index in [0.717, 1.165) is 32.5 Å². The number of methoxy groups -OCH3 is 2. The van der Waals surface area contributed by atoms with Crippen molar-refractivity contribution in [2.75, 3.05) is 14.2 Å². The van der Waals surface area contributed by atoms with E-state index in [0.29, 0.717) is 5.75 Å². The molecule has 1 atom stereocenters. The molecule has 112 valence electrons. The van der Waals surface area contributed by atoms with Gasteiger partial charge >= 0.3 is 0 Å². The molecule has 4 heteroatoms. The summed E-state index contributed by atoms with van der Waals surface area (Å²) < 4.78 is 11.5. The lowest BCUT2D eigenvalue weighted by molar-refractivity contribution is 0.213. The quantitative estimate of drug-likeness (QED) is 0.899. The van der Waals surface area contributed by atoms with E-state index in [4.69, 9.17) is 9.47 Å². The van der Waals surface area contributed by atoms with Crippen molar-refractivity contribution < 1.29 is 14.6 Å². The lowest BCUT2D eigenvalue weighted by Gasteiger charge is -2.19. The van der Waals surface area contributed by atoms with Gasteiger partial charge in [0.25, 0.3) is 0 Å². The van der Waals surface area contributed by atoms with Gasteiger partial charge < -0.3 is 14.6 Å². The van der Waals surface area contributed by atoms with Crippen molar-refractivity contribution in [2.24, 2.45) is 0 Å². The summed E-state index contributed by atoms with van der Waals surface area (Å²) in [6.45, 7) is 3.99. The lowest BCUT2D eigenvalue weighted by atomic mass is 9.95. The molecule has 0 aliphatic rings. The fraction of sp³-hybridized carbons (Fsp3) is 0.294. The Morgan fingerprint density at radius 1 is 1.00 bits per heavy atom. The highest BCUT2D eigenvalue weighted by Gasteiger charge is 2.19. The standard InChI is InChI=1S/C17H19BrO3/c1-10-7-11(2)16(15(8-10)21-4)17(19)12-5-6-14(20-3)13(18)9-12/h5-9,17,19H,1-4H3. The van der Waals surface area contributed by atoms with Crippen LogP contribution in [-0.2, 0) is 0 Å². The van der Waals surface area contributed by atoms with Crippen LogP contribution in [0.5, 0.6) is 11.5 Å². The number of benzene rings is 2. The van der Waals surface area contributed by atoms with Crippen molar-refractivity contribution >= 4 is 15.9 Å². The van der Waals surface area contributed by atoms with Crippen molar-refractivity contribution in [3.63, 3.8) is 0 Å². The van der Waals surface area contributed by atoms with Crippen molar-refractivity contribution in [2.45, 2.75) is 20.0 Å². The Labute approximate surface area is 133 Å². The number of halogens is 1. The third kappa shape index (κ3) is 3.22. The van der Waals surface area contributed by atoms with Crippen LogP contribution in [0.2, 0.25) is 0 Å². The van der Waals surface area contributed by atoms with Gasteiger partial charge in [0.05, 0.1) is 18.7 Å². The first-order chi connectivity index (χ1) is 9.97. The molecule has 0 heterocycles. The van der Waals surface area contributed by atoms with E-state index < -0.39 is 6.10 Å². The summed E-state index contributed by atoms with van der Waals surface area (Å²) >= 11 is 3.45. The Morgan fingerprint density at radius 2 is 1.67 bits per heavy atom. The third-order valence-corrected chi connectivity index (χ3v) is 4.10. The van der Waals surface area contributed by atoms with Gasteiger partial charge in [-0.3, -0.25) is 0 Å².